The maximum absolute atomic E-state index is 4.25. The molecule has 3 heteroatoms. The molecule has 1 atom stereocenters. The molecule has 3 nitrogen and oxygen atoms in total. The predicted octanol–water partition coefficient (Wildman–Crippen LogP) is 1.92. The smallest absolute Gasteiger partial charge is 0.0364 e. The van der Waals surface area contributed by atoms with Crippen molar-refractivity contribution >= 4 is 0 Å². The van der Waals surface area contributed by atoms with Gasteiger partial charge in [-0.05, 0) is 50.5 Å². The third-order valence-corrected chi connectivity index (χ3v) is 4.08. The van der Waals surface area contributed by atoms with Gasteiger partial charge in [0.1, 0.15) is 0 Å². The minimum Gasteiger partial charge on any atom is -0.302 e. The molecule has 0 aromatic carbocycles. The van der Waals surface area contributed by atoms with Gasteiger partial charge in [-0.3, -0.25) is 9.88 Å². The Balaban J connectivity index is 1.59. The van der Waals surface area contributed by atoms with Crippen LogP contribution in [-0.4, -0.2) is 47.5 Å². The first-order valence-corrected chi connectivity index (χ1v) is 6.80. The van der Waals surface area contributed by atoms with Crippen molar-refractivity contribution in [2.75, 3.05) is 32.7 Å². The van der Waals surface area contributed by atoms with Gasteiger partial charge in [-0.1, -0.05) is 6.07 Å². The minimum absolute atomic E-state index is 0.616. The van der Waals surface area contributed by atoms with Crippen molar-refractivity contribution < 1.29 is 0 Å². The number of rotatable bonds is 4. The summed E-state index contributed by atoms with van der Waals surface area (Å²) in [6.45, 7) is 6.35. The van der Waals surface area contributed by atoms with E-state index < -0.39 is 0 Å². The van der Waals surface area contributed by atoms with Crippen molar-refractivity contribution in [2.24, 2.45) is 0 Å². The molecule has 0 amide bonds. The van der Waals surface area contributed by atoms with Gasteiger partial charge in [-0.25, -0.2) is 0 Å². The molecule has 0 saturated carbocycles. The molecular weight excluding hydrogens is 210 g/mol. The summed E-state index contributed by atoms with van der Waals surface area (Å²) in [4.78, 5) is 9.44. The highest BCUT2D eigenvalue weighted by molar-refractivity contribution is 5.15. The monoisotopic (exact) mass is 231 g/mol. The number of aromatic nitrogens is 1. The van der Waals surface area contributed by atoms with Crippen LogP contribution in [0, 0.1) is 0 Å². The molecule has 1 aromatic heterocycles. The average molecular weight is 231 g/mol. The van der Waals surface area contributed by atoms with Crippen molar-refractivity contribution in [3.05, 3.63) is 30.1 Å². The van der Waals surface area contributed by atoms with Crippen LogP contribution in [0.3, 0.4) is 0 Å². The quantitative estimate of drug-likeness (QED) is 0.789. The molecule has 1 aromatic rings. The van der Waals surface area contributed by atoms with Gasteiger partial charge < -0.3 is 4.90 Å². The molecule has 92 valence electrons. The largest absolute Gasteiger partial charge is 0.302 e. The van der Waals surface area contributed by atoms with E-state index in [2.05, 4.69) is 26.9 Å². The summed E-state index contributed by atoms with van der Waals surface area (Å²) in [6.07, 6.45) is 7.92. The van der Waals surface area contributed by atoms with Crippen molar-refractivity contribution in [3.8, 4) is 0 Å². The molecule has 0 aliphatic carbocycles. The van der Waals surface area contributed by atoms with Gasteiger partial charge in [0.15, 0.2) is 0 Å². The SMILES string of the molecule is c1cncc(C2CCCN2CCN2CCC2)c1. The molecule has 17 heavy (non-hydrogen) atoms. The molecule has 0 spiro atoms. The molecule has 0 bridgehead atoms. The van der Waals surface area contributed by atoms with Crippen LogP contribution in [-0.2, 0) is 0 Å². The number of hydrogen-bond donors (Lipinski definition) is 0. The topological polar surface area (TPSA) is 19.4 Å². The summed E-state index contributed by atoms with van der Waals surface area (Å²) in [5.74, 6) is 0. The van der Waals surface area contributed by atoms with E-state index in [4.69, 9.17) is 0 Å². The molecule has 2 saturated heterocycles. The van der Waals surface area contributed by atoms with Gasteiger partial charge in [-0.2, -0.15) is 0 Å². The normalized spacial score (nSPS) is 26.0. The summed E-state index contributed by atoms with van der Waals surface area (Å²) in [7, 11) is 0. The van der Waals surface area contributed by atoms with Crippen LogP contribution >= 0.6 is 0 Å². The van der Waals surface area contributed by atoms with E-state index in [9.17, 15) is 0 Å². The Hall–Kier alpha value is -0.930. The molecule has 0 radical (unpaired) electrons. The van der Waals surface area contributed by atoms with E-state index in [0.717, 1.165) is 0 Å². The molecule has 3 heterocycles. The fraction of sp³-hybridized carbons (Fsp3) is 0.643. The van der Waals surface area contributed by atoms with E-state index in [1.807, 2.05) is 12.4 Å². The van der Waals surface area contributed by atoms with Crippen molar-refractivity contribution in [2.45, 2.75) is 25.3 Å². The second-order valence-electron chi connectivity index (χ2n) is 5.18. The van der Waals surface area contributed by atoms with Crippen molar-refractivity contribution in [3.63, 3.8) is 0 Å². The van der Waals surface area contributed by atoms with Gasteiger partial charge in [0.25, 0.3) is 0 Å². The van der Waals surface area contributed by atoms with Crippen molar-refractivity contribution in [1.29, 1.82) is 0 Å². The summed E-state index contributed by atoms with van der Waals surface area (Å²) < 4.78 is 0. The van der Waals surface area contributed by atoms with Gasteiger partial charge in [-0.15, -0.1) is 0 Å². The predicted molar refractivity (Wildman–Crippen MR) is 68.8 cm³/mol. The van der Waals surface area contributed by atoms with Gasteiger partial charge in [0.05, 0.1) is 0 Å². The minimum atomic E-state index is 0.616. The maximum Gasteiger partial charge on any atom is 0.0364 e. The summed E-state index contributed by atoms with van der Waals surface area (Å²) in [5, 5.41) is 0. The van der Waals surface area contributed by atoms with Crippen molar-refractivity contribution in [1.82, 2.24) is 14.8 Å². The second kappa shape index (κ2) is 5.15. The third-order valence-electron chi connectivity index (χ3n) is 4.08. The average Bonchev–Trinajstić information content (AvgIpc) is 2.76. The lowest BCUT2D eigenvalue weighted by Gasteiger charge is -2.33. The Labute approximate surface area is 103 Å². The molecule has 3 rings (SSSR count). The van der Waals surface area contributed by atoms with E-state index in [1.54, 1.807) is 0 Å². The molecule has 2 fully saturated rings. The molecule has 0 N–H and O–H groups in total. The molecular formula is C14H21N3. The lowest BCUT2D eigenvalue weighted by molar-refractivity contribution is 0.143. The van der Waals surface area contributed by atoms with Crippen LogP contribution in [0.5, 0.6) is 0 Å². The van der Waals surface area contributed by atoms with Crippen LogP contribution in [0.2, 0.25) is 0 Å². The number of hydrogen-bond acceptors (Lipinski definition) is 3. The van der Waals surface area contributed by atoms with E-state index in [0.29, 0.717) is 6.04 Å². The Morgan fingerprint density at radius 1 is 1.18 bits per heavy atom. The molecule has 1 unspecified atom stereocenters. The lowest BCUT2D eigenvalue weighted by Crippen LogP contribution is -2.42. The van der Waals surface area contributed by atoms with E-state index >= 15 is 0 Å². The summed E-state index contributed by atoms with van der Waals surface area (Å²) in [6, 6.07) is 4.89. The Bertz CT molecular complexity index is 348. The number of pyridine rings is 1. The van der Waals surface area contributed by atoms with Crippen LogP contribution in [0.25, 0.3) is 0 Å². The standard InChI is InChI=1S/C14H21N3/c1-4-13(12-15-6-1)14-5-2-9-17(14)11-10-16-7-3-8-16/h1,4,6,12,14H,2-3,5,7-11H2. The fourth-order valence-corrected chi connectivity index (χ4v) is 2.92. The fourth-order valence-electron chi connectivity index (χ4n) is 2.92. The second-order valence-corrected chi connectivity index (χ2v) is 5.18. The lowest BCUT2D eigenvalue weighted by atomic mass is 10.1. The third kappa shape index (κ3) is 2.50. The summed E-state index contributed by atoms with van der Waals surface area (Å²) in [5.41, 5.74) is 1.40. The van der Waals surface area contributed by atoms with Gasteiger partial charge >= 0.3 is 0 Å². The number of nitrogens with zero attached hydrogens (tertiary/aromatic N) is 3. The zero-order valence-corrected chi connectivity index (χ0v) is 10.4. The van der Waals surface area contributed by atoms with Crippen LogP contribution in [0.15, 0.2) is 24.5 Å². The van der Waals surface area contributed by atoms with Gasteiger partial charge in [0, 0.05) is 31.5 Å². The van der Waals surface area contributed by atoms with Crippen LogP contribution in [0.1, 0.15) is 30.9 Å². The highest BCUT2D eigenvalue weighted by atomic mass is 15.2. The van der Waals surface area contributed by atoms with Crippen LogP contribution in [0.4, 0.5) is 0 Å². The Kier molecular flexibility index (Phi) is 3.39. The highest BCUT2D eigenvalue weighted by Gasteiger charge is 2.26. The summed E-state index contributed by atoms with van der Waals surface area (Å²) >= 11 is 0. The maximum atomic E-state index is 4.25. The first kappa shape index (κ1) is 11.2. The zero-order chi connectivity index (χ0) is 11.5. The first-order chi connectivity index (χ1) is 8.43. The molecule has 2 aliphatic heterocycles. The van der Waals surface area contributed by atoms with Gasteiger partial charge in [0.2, 0.25) is 0 Å². The Morgan fingerprint density at radius 2 is 2.12 bits per heavy atom. The number of likely N-dealkylation sites (tertiary alicyclic amines) is 2. The molecule has 2 aliphatic rings. The van der Waals surface area contributed by atoms with E-state index in [1.165, 1.54) is 57.5 Å². The highest BCUT2D eigenvalue weighted by Crippen LogP contribution is 2.30. The first-order valence-electron chi connectivity index (χ1n) is 6.80. The Morgan fingerprint density at radius 3 is 2.82 bits per heavy atom. The zero-order valence-electron chi connectivity index (χ0n) is 10.4. The van der Waals surface area contributed by atoms with E-state index in [-0.39, 0.29) is 0 Å². The van der Waals surface area contributed by atoms with Crippen LogP contribution < -0.4 is 0 Å².